The van der Waals surface area contributed by atoms with Gasteiger partial charge in [-0.1, -0.05) is 36.4 Å². The number of H-pyrrole nitrogens is 1. The van der Waals surface area contributed by atoms with Crippen molar-refractivity contribution >= 4 is 23.1 Å². The van der Waals surface area contributed by atoms with Crippen LogP contribution < -0.4 is 27.2 Å². The number of nitrogens with two attached hydrogens (primary N) is 1. The SMILES string of the molecule is COCCCN(CC(=O)Nc1cc(C)cc(C)c1)c1c(N)n(Cc2ccccc2)c(=O)[nH]c1=O. The van der Waals surface area contributed by atoms with Gasteiger partial charge in [-0.15, -0.1) is 0 Å². The fraction of sp³-hybridized carbons (Fsp3) is 0.320. The van der Waals surface area contributed by atoms with Crippen molar-refractivity contribution in [2.75, 3.05) is 42.8 Å². The van der Waals surface area contributed by atoms with Crippen LogP contribution in [0.2, 0.25) is 0 Å². The molecule has 3 rings (SSSR count). The van der Waals surface area contributed by atoms with Crippen LogP contribution in [0.5, 0.6) is 0 Å². The molecule has 0 bridgehead atoms. The molecular weight excluding hydrogens is 434 g/mol. The number of aryl methyl sites for hydroxylation is 2. The zero-order chi connectivity index (χ0) is 24.7. The molecular formula is C25H31N5O4. The molecule has 1 aromatic heterocycles. The average Bonchev–Trinajstić information content (AvgIpc) is 2.76. The molecule has 2 aromatic carbocycles. The molecule has 4 N–H and O–H groups in total. The number of amides is 1. The third-order valence-corrected chi connectivity index (χ3v) is 5.33. The van der Waals surface area contributed by atoms with E-state index in [1.54, 1.807) is 12.0 Å². The van der Waals surface area contributed by atoms with E-state index in [1.165, 1.54) is 4.57 Å². The second-order valence-electron chi connectivity index (χ2n) is 8.26. The van der Waals surface area contributed by atoms with E-state index < -0.39 is 11.2 Å². The summed E-state index contributed by atoms with van der Waals surface area (Å²) >= 11 is 0. The summed E-state index contributed by atoms with van der Waals surface area (Å²) in [6.45, 7) is 4.76. The van der Waals surface area contributed by atoms with Crippen LogP contribution >= 0.6 is 0 Å². The number of ether oxygens (including phenoxy) is 1. The van der Waals surface area contributed by atoms with Crippen LogP contribution in [0.15, 0.2) is 58.1 Å². The molecule has 180 valence electrons. The monoisotopic (exact) mass is 465 g/mol. The van der Waals surface area contributed by atoms with Crippen molar-refractivity contribution in [3.8, 4) is 0 Å². The Morgan fingerprint density at radius 2 is 1.79 bits per heavy atom. The van der Waals surface area contributed by atoms with E-state index in [9.17, 15) is 14.4 Å². The molecule has 1 amide bonds. The molecule has 0 radical (unpaired) electrons. The van der Waals surface area contributed by atoms with E-state index in [4.69, 9.17) is 10.5 Å². The third kappa shape index (κ3) is 6.35. The Morgan fingerprint density at radius 1 is 1.12 bits per heavy atom. The van der Waals surface area contributed by atoms with Crippen LogP contribution in [-0.2, 0) is 16.1 Å². The summed E-state index contributed by atoms with van der Waals surface area (Å²) in [4.78, 5) is 42.2. The number of benzene rings is 2. The highest BCUT2D eigenvalue weighted by molar-refractivity contribution is 5.94. The van der Waals surface area contributed by atoms with Gasteiger partial charge in [-0.05, 0) is 49.1 Å². The number of aromatic amines is 1. The normalized spacial score (nSPS) is 10.8. The summed E-state index contributed by atoms with van der Waals surface area (Å²) in [6, 6.07) is 15.1. The standard InChI is InChI=1S/C25H31N5O4/c1-17-12-18(2)14-20(13-17)27-21(31)16-29(10-7-11-34-3)22-23(26)30(25(33)28-24(22)32)15-19-8-5-4-6-9-19/h4-6,8-9,12-14H,7,10-11,15-16,26H2,1-3H3,(H,27,31)(H,28,32,33). The van der Waals surface area contributed by atoms with E-state index in [-0.39, 0.29) is 30.5 Å². The first-order valence-electron chi connectivity index (χ1n) is 11.1. The zero-order valence-corrected chi connectivity index (χ0v) is 19.8. The fourth-order valence-electron chi connectivity index (χ4n) is 3.90. The van der Waals surface area contributed by atoms with E-state index >= 15 is 0 Å². The first-order valence-corrected chi connectivity index (χ1v) is 11.1. The number of hydrogen-bond acceptors (Lipinski definition) is 6. The lowest BCUT2D eigenvalue weighted by atomic mass is 10.1. The van der Waals surface area contributed by atoms with Crippen molar-refractivity contribution < 1.29 is 9.53 Å². The Hall–Kier alpha value is -3.85. The lowest BCUT2D eigenvalue weighted by Crippen LogP contribution is -2.42. The number of anilines is 3. The van der Waals surface area contributed by atoms with Crippen LogP contribution in [0.3, 0.4) is 0 Å². The largest absolute Gasteiger partial charge is 0.385 e. The van der Waals surface area contributed by atoms with Gasteiger partial charge in [-0.2, -0.15) is 0 Å². The molecule has 34 heavy (non-hydrogen) atoms. The van der Waals surface area contributed by atoms with Gasteiger partial charge >= 0.3 is 5.69 Å². The number of nitrogens with one attached hydrogen (secondary N) is 2. The van der Waals surface area contributed by atoms with Gasteiger partial charge in [0.25, 0.3) is 5.56 Å². The average molecular weight is 466 g/mol. The summed E-state index contributed by atoms with van der Waals surface area (Å²) in [5.74, 6) is -0.295. The molecule has 9 heteroatoms. The third-order valence-electron chi connectivity index (χ3n) is 5.33. The van der Waals surface area contributed by atoms with Crippen LogP contribution in [0.25, 0.3) is 0 Å². The first-order chi connectivity index (χ1) is 16.3. The Morgan fingerprint density at radius 3 is 2.44 bits per heavy atom. The molecule has 0 aliphatic heterocycles. The summed E-state index contributed by atoms with van der Waals surface area (Å²) in [7, 11) is 1.58. The Kier molecular flexibility index (Phi) is 8.26. The van der Waals surface area contributed by atoms with E-state index in [0.29, 0.717) is 25.3 Å². The maximum Gasteiger partial charge on any atom is 0.330 e. The lowest BCUT2D eigenvalue weighted by molar-refractivity contribution is -0.115. The number of rotatable bonds is 10. The van der Waals surface area contributed by atoms with Gasteiger partial charge < -0.3 is 20.7 Å². The van der Waals surface area contributed by atoms with E-state index in [0.717, 1.165) is 16.7 Å². The van der Waals surface area contributed by atoms with Gasteiger partial charge in [0.1, 0.15) is 11.5 Å². The molecule has 0 saturated heterocycles. The van der Waals surface area contributed by atoms with Gasteiger partial charge in [0.15, 0.2) is 0 Å². The molecule has 9 nitrogen and oxygen atoms in total. The van der Waals surface area contributed by atoms with Crippen LogP contribution in [-0.4, -0.2) is 42.3 Å². The molecule has 0 aliphatic rings. The van der Waals surface area contributed by atoms with Crippen molar-refractivity contribution in [3.05, 3.63) is 86.1 Å². The van der Waals surface area contributed by atoms with Crippen LogP contribution in [0.4, 0.5) is 17.2 Å². The first kappa shape index (κ1) is 24.8. The quantitative estimate of drug-likeness (QED) is 0.395. The maximum absolute atomic E-state index is 12.9. The van der Waals surface area contributed by atoms with Gasteiger partial charge in [0, 0.05) is 25.9 Å². The molecule has 0 atom stereocenters. The number of aromatic nitrogens is 2. The van der Waals surface area contributed by atoms with E-state index in [2.05, 4.69) is 10.3 Å². The van der Waals surface area contributed by atoms with Crippen molar-refractivity contribution in [1.29, 1.82) is 0 Å². The molecule has 0 saturated carbocycles. The van der Waals surface area contributed by atoms with E-state index in [1.807, 2.05) is 62.4 Å². The summed E-state index contributed by atoms with van der Waals surface area (Å²) in [6.07, 6.45) is 0.560. The summed E-state index contributed by atoms with van der Waals surface area (Å²) in [5.41, 5.74) is 8.78. The van der Waals surface area contributed by atoms with Gasteiger partial charge in [0.05, 0.1) is 13.1 Å². The molecule has 0 unspecified atom stereocenters. The van der Waals surface area contributed by atoms with Gasteiger partial charge in [0.2, 0.25) is 5.91 Å². The maximum atomic E-state index is 12.9. The highest BCUT2D eigenvalue weighted by atomic mass is 16.5. The number of carbonyl (C=O) groups is 1. The van der Waals surface area contributed by atoms with Crippen LogP contribution in [0.1, 0.15) is 23.1 Å². The second-order valence-corrected chi connectivity index (χ2v) is 8.26. The highest BCUT2D eigenvalue weighted by Gasteiger charge is 2.21. The Balaban J connectivity index is 1.92. The van der Waals surface area contributed by atoms with Crippen molar-refractivity contribution in [2.24, 2.45) is 0 Å². The molecule has 0 spiro atoms. The number of methoxy groups -OCH3 is 1. The fourth-order valence-corrected chi connectivity index (χ4v) is 3.90. The Bertz CT molecular complexity index is 1230. The van der Waals surface area contributed by atoms with Crippen molar-refractivity contribution in [1.82, 2.24) is 9.55 Å². The number of nitrogens with zero attached hydrogens (tertiary/aromatic N) is 2. The topological polar surface area (TPSA) is 122 Å². The second kappa shape index (κ2) is 11.3. The van der Waals surface area contributed by atoms with Crippen molar-refractivity contribution in [2.45, 2.75) is 26.8 Å². The number of carbonyl (C=O) groups excluding carboxylic acids is 1. The van der Waals surface area contributed by atoms with Gasteiger partial charge in [-0.25, -0.2) is 4.79 Å². The molecule has 1 heterocycles. The summed E-state index contributed by atoms with van der Waals surface area (Å²) < 4.78 is 6.44. The smallest absolute Gasteiger partial charge is 0.330 e. The minimum atomic E-state index is -0.636. The zero-order valence-electron chi connectivity index (χ0n) is 19.8. The predicted molar refractivity (Wildman–Crippen MR) is 135 cm³/mol. The lowest BCUT2D eigenvalue weighted by Gasteiger charge is -2.26. The molecule has 0 fully saturated rings. The molecule has 3 aromatic rings. The highest BCUT2D eigenvalue weighted by Crippen LogP contribution is 2.19. The minimum Gasteiger partial charge on any atom is -0.385 e. The summed E-state index contributed by atoms with van der Waals surface area (Å²) in [5, 5.41) is 2.89. The van der Waals surface area contributed by atoms with Crippen molar-refractivity contribution in [3.63, 3.8) is 0 Å². The molecule has 0 aliphatic carbocycles. The number of nitrogen functional groups attached to an aromatic ring is 1. The Labute approximate surface area is 198 Å². The predicted octanol–water partition coefficient (Wildman–Crippen LogP) is 2.27. The van der Waals surface area contributed by atoms with Gasteiger partial charge in [-0.3, -0.25) is 19.1 Å². The minimum absolute atomic E-state index is 0.00854. The van der Waals surface area contributed by atoms with Crippen LogP contribution in [0, 0.1) is 13.8 Å². The number of hydrogen-bond donors (Lipinski definition) is 3.